The van der Waals surface area contributed by atoms with Crippen LogP contribution in [0.3, 0.4) is 0 Å². The Labute approximate surface area is 146 Å². The molecule has 0 aliphatic heterocycles. The molecule has 0 aliphatic carbocycles. The lowest BCUT2D eigenvalue weighted by atomic mass is 10.2. The second-order valence-corrected chi connectivity index (χ2v) is 4.42. The Kier molecular flexibility index (Phi) is 9.79. The fourth-order valence-corrected chi connectivity index (χ4v) is 1.69. The van der Waals surface area contributed by atoms with E-state index in [2.05, 4.69) is 15.0 Å². The number of ether oxygens (including phenoxy) is 2. The van der Waals surface area contributed by atoms with Crippen molar-refractivity contribution in [1.82, 2.24) is 10.2 Å². The maximum absolute atomic E-state index is 12.4. The molecule has 0 saturated heterocycles. The van der Waals surface area contributed by atoms with Crippen molar-refractivity contribution in [2.45, 2.75) is 20.1 Å². The topological polar surface area (TPSA) is 46.1 Å². The zero-order valence-corrected chi connectivity index (χ0v) is 15.4. The fraction of sp³-hybridized carbons (Fsp3) is 0.500. The van der Waals surface area contributed by atoms with Gasteiger partial charge in [-0.25, -0.2) is 4.99 Å². The Balaban J connectivity index is 0.00000441. The minimum absolute atomic E-state index is 0. The van der Waals surface area contributed by atoms with Crippen LogP contribution in [0.25, 0.3) is 0 Å². The molecule has 22 heavy (non-hydrogen) atoms. The second-order valence-electron chi connectivity index (χ2n) is 4.42. The first-order valence-electron chi connectivity index (χ1n) is 6.55. The number of hydrogen-bond acceptors (Lipinski definition) is 3. The Morgan fingerprint density at radius 3 is 2.55 bits per heavy atom. The largest absolute Gasteiger partial charge is 0.497 e. The second kappa shape index (κ2) is 10.4. The molecule has 1 N–H and O–H groups in total. The summed E-state index contributed by atoms with van der Waals surface area (Å²) in [7, 11) is 5.22. The van der Waals surface area contributed by atoms with Crippen LogP contribution in [0.15, 0.2) is 23.2 Å². The number of hydrogen-bond donors (Lipinski definition) is 1. The number of benzene rings is 1. The number of nitrogens with zero attached hydrogens (tertiary/aromatic N) is 2. The molecule has 0 bridgehead atoms. The van der Waals surface area contributed by atoms with Crippen molar-refractivity contribution >= 4 is 29.9 Å². The Morgan fingerprint density at radius 1 is 1.36 bits per heavy atom. The molecule has 0 heterocycles. The molecule has 0 unspecified atom stereocenters. The van der Waals surface area contributed by atoms with Crippen LogP contribution in [0.2, 0.25) is 0 Å². The van der Waals surface area contributed by atoms with E-state index in [1.807, 2.05) is 25.9 Å². The van der Waals surface area contributed by atoms with Crippen LogP contribution < -0.4 is 14.8 Å². The molecule has 0 radical (unpaired) electrons. The van der Waals surface area contributed by atoms with E-state index in [0.717, 1.165) is 6.54 Å². The SMILES string of the molecule is CCNC(=NCc1cc(OC)ccc1OC(F)F)N(C)C.I. The number of rotatable bonds is 6. The van der Waals surface area contributed by atoms with Gasteiger partial charge in [-0.2, -0.15) is 8.78 Å². The Bertz CT molecular complexity index is 485. The number of aliphatic imine (C=N–C) groups is 1. The van der Waals surface area contributed by atoms with Gasteiger partial charge in [0.1, 0.15) is 11.5 Å². The lowest BCUT2D eigenvalue weighted by Crippen LogP contribution is -2.36. The van der Waals surface area contributed by atoms with Gasteiger partial charge < -0.3 is 19.7 Å². The minimum Gasteiger partial charge on any atom is -0.497 e. The Morgan fingerprint density at radius 2 is 2.05 bits per heavy atom. The molecule has 1 rings (SSSR count). The molecule has 5 nitrogen and oxygen atoms in total. The number of nitrogens with one attached hydrogen (secondary N) is 1. The van der Waals surface area contributed by atoms with Gasteiger partial charge in [0, 0.05) is 26.2 Å². The summed E-state index contributed by atoms with van der Waals surface area (Å²) < 4.78 is 34.4. The Hall–Kier alpha value is -1.32. The van der Waals surface area contributed by atoms with Gasteiger partial charge >= 0.3 is 6.61 Å². The zero-order chi connectivity index (χ0) is 15.8. The van der Waals surface area contributed by atoms with Crippen molar-refractivity contribution in [3.05, 3.63) is 23.8 Å². The molecule has 0 spiro atoms. The highest BCUT2D eigenvalue weighted by Crippen LogP contribution is 2.26. The first kappa shape index (κ1) is 20.7. The molecule has 0 saturated carbocycles. The summed E-state index contributed by atoms with van der Waals surface area (Å²) in [5, 5.41) is 3.10. The highest BCUT2D eigenvalue weighted by Gasteiger charge is 2.11. The monoisotopic (exact) mass is 429 g/mol. The van der Waals surface area contributed by atoms with E-state index in [1.165, 1.54) is 13.2 Å². The lowest BCUT2D eigenvalue weighted by Gasteiger charge is -2.17. The molecule has 126 valence electrons. The van der Waals surface area contributed by atoms with Crippen LogP contribution in [-0.2, 0) is 6.54 Å². The molecular formula is C14H22F2IN3O2. The van der Waals surface area contributed by atoms with E-state index in [4.69, 9.17) is 4.74 Å². The van der Waals surface area contributed by atoms with Gasteiger partial charge in [-0.3, -0.25) is 0 Å². The molecule has 0 amide bonds. The van der Waals surface area contributed by atoms with Crippen molar-refractivity contribution in [3.63, 3.8) is 0 Å². The van der Waals surface area contributed by atoms with E-state index in [1.54, 1.807) is 12.1 Å². The summed E-state index contributed by atoms with van der Waals surface area (Å²) in [6, 6.07) is 4.67. The number of methoxy groups -OCH3 is 1. The molecule has 0 aliphatic rings. The van der Waals surface area contributed by atoms with Gasteiger partial charge in [0.25, 0.3) is 0 Å². The van der Waals surface area contributed by atoms with Crippen molar-refractivity contribution in [2.24, 2.45) is 4.99 Å². The highest BCUT2D eigenvalue weighted by molar-refractivity contribution is 14.0. The first-order chi connectivity index (χ1) is 9.97. The number of halogens is 3. The third-order valence-corrected chi connectivity index (χ3v) is 2.64. The third-order valence-electron chi connectivity index (χ3n) is 2.64. The van der Waals surface area contributed by atoms with E-state index in [9.17, 15) is 8.78 Å². The average Bonchev–Trinajstić information content (AvgIpc) is 2.43. The molecule has 8 heteroatoms. The van der Waals surface area contributed by atoms with Crippen molar-refractivity contribution in [1.29, 1.82) is 0 Å². The summed E-state index contributed by atoms with van der Waals surface area (Å²) in [6.07, 6.45) is 0. The molecule has 0 fully saturated rings. The maximum Gasteiger partial charge on any atom is 0.387 e. The van der Waals surface area contributed by atoms with Gasteiger partial charge in [-0.15, -0.1) is 24.0 Å². The fourth-order valence-electron chi connectivity index (χ4n) is 1.69. The summed E-state index contributed by atoms with van der Waals surface area (Å²) in [5.41, 5.74) is 0.534. The zero-order valence-electron chi connectivity index (χ0n) is 13.1. The van der Waals surface area contributed by atoms with Gasteiger partial charge in [-0.1, -0.05) is 0 Å². The van der Waals surface area contributed by atoms with Crippen LogP contribution in [-0.4, -0.2) is 45.2 Å². The van der Waals surface area contributed by atoms with Crippen LogP contribution in [0.5, 0.6) is 11.5 Å². The molecule has 1 aromatic rings. The van der Waals surface area contributed by atoms with Crippen molar-refractivity contribution < 1.29 is 18.3 Å². The standard InChI is InChI=1S/C14H21F2N3O2.HI/c1-5-17-14(19(2)3)18-9-10-8-11(20-4)6-7-12(10)21-13(15)16;/h6-8,13H,5,9H2,1-4H3,(H,17,18);1H. The number of guanidine groups is 1. The summed E-state index contributed by atoms with van der Waals surface area (Å²) >= 11 is 0. The predicted octanol–water partition coefficient (Wildman–Crippen LogP) is 2.94. The number of alkyl halides is 2. The predicted molar refractivity (Wildman–Crippen MR) is 93.5 cm³/mol. The van der Waals surface area contributed by atoms with E-state index < -0.39 is 6.61 Å². The average molecular weight is 429 g/mol. The van der Waals surface area contributed by atoms with Crippen LogP contribution >= 0.6 is 24.0 Å². The summed E-state index contributed by atoms with van der Waals surface area (Å²) in [6.45, 7) is 0.00812. The van der Waals surface area contributed by atoms with Crippen LogP contribution in [0.4, 0.5) is 8.78 Å². The van der Waals surface area contributed by atoms with Gasteiger partial charge in [0.2, 0.25) is 0 Å². The normalized spacial score (nSPS) is 11.0. The van der Waals surface area contributed by atoms with Crippen molar-refractivity contribution in [3.8, 4) is 11.5 Å². The van der Waals surface area contributed by atoms with Crippen molar-refractivity contribution in [2.75, 3.05) is 27.7 Å². The van der Waals surface area contributed by atoms with E-state index >= 15 is 0 Å². The van der Waals surface area contributed by atoms with Gasteiger partial charge in [0.15, 0.2) is 5.96 Å². The molecule has 0 aromatic heterocycles. The molecule has 1 aromatic carbocycles. The first-order valence-corrected chi connectivity index (χ1v) is 6.55. The van der Waals surface area contributed by atoms with Crippen LogP contribution in [0.1, 0.15) is 12.5 Å². The van der Waals surface area contributed by atoms with Crippen LogP contribution in [0, 0.1) is 0 Å². The minimum atomic E-state index is -2.87. The molecule has 0 atom stereocenters. The van der Waals surface area contributed by atoms with E-state index in [-0.39, 0.29) is 36.3 Å². The highest BCUT2D eigenvalue weighted by atomic mass is 127. The van der Waals surface area contributed by atoms with Gasteiger partial charge in [0.05, 0.1) is 13.7 Å². The lowest BCUT2D eigenvalue weighted by molar-refractivity contribution is -0.0504. The quantitative estimate of drug-likeness (QED) is 0.429. The third kappa shape index (κ3) is 6.63. The molecular weight excluding hydrogens is 407 g/mol. The summed E-state index contributed by atoms with van der Waals surface area (Å²) in [4.78, 5) is 6.19. The summed E-state index contributed by atoms with van der Waals surface area (Å²) in [5.74, 6) is 1.34. The van der Waals surface area contributed by atoms with E-state index in [0.29, 0.717) is 17.3 Å². The smallest absolute Gasteiger partial charge is 0.387 e. The van der Waals surface area contributed by atoms with Gasteiger partial charge in [-0.05, 0) is 25.1 Å². The maximum atomic E-state index is 12.4.